The van der Waals surface area contributed by atoms with Gasteiger partial charge in [-0.3, -0.25) is 14.5 Å². The Bertz CT molecular complexity index is 1370. The quantitative estimate of drug-likeness (QED) is 0.303. The number of aliphatic hydroxyl groups is 1. The molecule has 15 heteroatoms. The largest absolute Gasteiger partial charge is 0.417 e. The van der Waals surface area contributed by atoms with Crippen LogP contribution in [0.5, 0.6) is 0 Å². The second-order valence-electron chi connectivity index (χ2n) is 11.5. The summed E-state index contributed by atoms with van der Waals surface area (Å²) in [6.45, 7) is 4.32. The van der Waals surface area contributed by atoms with Gasteiger partial charge in [-0.05, 0) is 31.5 Å². The van der Waals surface area contributed by atoms with Crippen LogP contribution in [0.1, 0.15) is 29.7 Å². The van der Waals surface area contributed by atoms with E-state index in [1.54, 1.807) is 4.68 Å². The number of sulfonamides is 1. The van der Waals surface area contributed by atoms with Crippen LogP contribution in [0, 0.1) is 0 Å². The summed E-state index contributed by atoms with van der Waals surface area (Å²) in [6, 6.07) is 3.93. The zero-order valence-corrected chi connectivity index (χ0v) is 26.7. The summed E-state index contributed by atoms with van der Waals surface area (Å²) in [7, 11) is -3.51. The fraction of sp³-hybridized carbons (Fsp3) is 0.679. The van der Waals surface area contributed by atoms with Crippen molar-refractivity contribution in [3.05, 3.63) is 35.0 Å². The lowest BCUT2D eigenvalue weighted by Crippen LogP contribution is -2.40. The monoisotopic (exact) mass is 665 g/mol. The van der Waals surface area contributed by atoms with Crippen LogP contribution in [0.2, 0.25) is 0 Å². The first-order chi connectivity index (χ1) is 20.4. The van der Waals surface area contributed by atoms with Gasteiger partial charge in [0.15, 0.2) is 0 Å². The lowest BCUT2D eigenvalue weighted by molar-refractivity contribution is -0.139. The Morgan fingerprint density at radius 1 is 1.14 bits per heavy atom. The number of likely N-dealkylation sites (tertiary alicyclic amines) is 1. The molecule has 0 spiro atoms. The molecule has 43 heavy (non-hydrogen) atoms. The second-order valence-corrected chi connectivity index (χ2v) is 15.8. The zero-order chi connectivity index (χ0) is 30.8. The lowest BCUT2D eigenvalue weighted by Gasteiger charge is -2.29. The number of fused-ring (bicyclic) bond motifs is 1. The third-order valence-corrected chi connectivity index (χ3v) is 11.4. The van der Waals surface area contributed by atoms with Crippen molar-refractivity contribution in [2.24, 2.45) is 0 Å². The highest BCUT2D eigenvalue weighted by Gasteiger charge is 2.35. The fourth-order valence-corrected chi connectivity index (χ4v) is 8.87. The summed E-state index contributed by atoms with van der Waals surface area (Å²) in [5, 5.41) is 15.7. The first-order valence-electron chi connectivity index (χ1n) is 14.6. The van der Waals surface area contributed by atoms with Gasteiger partial charge in [0.2, 0.25) is 10.0 Å². The van der Waals surface area contributed by atoms with Gasteiger partial charge in [0.25, 0.3) is 0 Å². The maximum absolute atomic E-state index is 14.0. The van der Waals surface area contributed by atoms with Gasteiger partial charge in [-0.2, -0.15) is 34.3 Å². The Hall–Kier alpha value is -1.36. The van der Waals surface area contributed by atoms with Crippen LogP contribution < -0.4 is 0 Å². The van der Waals surface area contributed by atoms with Crippen LogP contribution in [-0.4, -0.2) is 119 Å². The number of piperidine rings is 1. The summed E-state index contributed by atoms with van der Waals surface area (Å²) in [5.41, 5.74) is 1.59. The van der Waals surface area contributed by atoms with Crippen LogP contribution >= 0.6 is 23.5 Å². The molecule has 1 N–H and O–H groups in total. The number of aliphatic hydroxyl groups excluding tert-OH is 1. The number of rotatable bonds is 10. The van der Waals surface area contributed by atoms with Gasteiger partial charge in [0, 0.05) is 91.2 Å². The molecule has 0 radical (unpaired) electrons. The van der Waals surface area contributed by atoms with E-state index in [2.05, 4.69) is 4.90 Å². The summed E-state index contributed by atoms with van der Waals surface area (Å²) in [5.74, 6) is 2.39. The lowest BCUT2D eigenvalue weighted by atomic mass is 10.0. The van der Waals surface area contributed by atoms with E-state index in [4.69, 9.17) is 5.10 Å². The highest BCUT2D eigenvalue weighted by Crippen LogP contribution is 2.40. The molecule has 240 valence electrons. The van der Waals surface area contributed by atoms with E-state index in [9.17, 15) is 31.1 Å². The predicted octanol–water partition coefficient (Wildman–Crippen LogP) is 3.82. The van der Waals surface area contributed by atoms with Crippen molar-refractivity contribution < 1.29 is 31.1 Å². The molecular weight excluding hydrogens is 627 g/mol. The van der Waals surface area contributed by atoms with E-state index in [-0.39, 0.29) is 24.5 Å². The number of nitrogens with zero attached hydrogens (tertiary/aromatic N) is 5. The molecule has 2 atom stereocenters. The van der Waals surface area contributed by atoms with Gasteiger partial charge in [-0.15, -0.1) is 11.8 Å². The van der Waals surface area contributed by atoms with Crippen LogP contribution in [-0.2, 0) is 35.7 Å². The summed E-state index contributed by atoms with van der Waals surface area (Å²) in [4.78, 5) is 4.21. The first-order valence-corrected chi connectivity index (χ1v) is 18.6. The van der Waals surface area contributed by atoms with E-state index >= 15 is 0 Å². The summed E-state index contributed by atoms with van der Waals surface area (Å²) >= 11 is 2.97. The van der Waals surface area contributed by atoms with Gasteiger partial charge >= 0.3 is 6.18 Å². The predicted molar refractivity (Wildman–Crippen MR) is 163 cm³/mol. The highest BCUT2D eigenvalue weighted by atomic mass is 32.2. The molecular formula is C28H39F4N5O3S3. The topological polar surface area (TPSA) is 81.9 Å². The maximum Gasteiger partial charge on any atom is 0.417 e. The number of hydrogen-bond donors (Lipinski definition) is 1. The molecule has 0 amide bonds. The highest BCUT2D eigenvalue weighted by molar-refractivity contribution is 7.99. The van der Waals surface area contributed by atoms with Crippen molar-refractivity contribution in [2.45, 2.75) is 55.7 Å². The van der Waals surface area contributed by atoms with Crippen molar-refractivity contribution in [3.63, 3.8) is 0 Å². The average Bonchev–Trinajstić information content (AvgIpc) is 3.30. The molecule has 2 saturated heterocycles. The molecule has 2 fully saturated rings. The van der Waals surface area contributed by atoms with Crippen molar-refractivity contribution in [1.29, 1.82) is 0 Å². The van der Waals surface area contributed by atoms with E-state index in [1.165, 1.54) is 16.4 Å². The fourth-order valence-electron chi connectivity index (χ4n) is 5.98. The van der Waals surface area contributed by atoms with Crippen molar-refractivity contribution in [3.8, 4) is 11.3 Å². The minimum Gasteiger partial charge on any atom is -0.390 e. The van der Waals surface area contributed by atoms with E-state index in [0.29, 0.717) is 55.0 Å². The Morgan fingerprint density at radius 2 is 1.91 bits per heavy atom. The molecule has 1 aromatic carbocycles. The number of hydrogen-bond acceptors (Lipinski definition) is 8. The van der Waals surface area contributed by atoms with Gasteiger partial charge < -0.3 is 5.11 Å². The van der Waals surface area contributed by atoms with Crippen LogP contribution in [0.3, 0.4) is 0 Å². The van der Waals surface area contributed by atoms with Gasteiger partial charge in [0.1, 0.15) is 6.17 Å². The molecule has 3 aliphatic rings. The Morgan fingerprint density at radius 3 is 2.60 bits per heavy atom. The SMILES string of the molecule is CS(=O)(=O)N1CCc2c(c(-c3ccc(C(F)(F)F)c(SCCN4CCCC(F)C4)c3)nn2C[C@@H](O)CN2CCSCC2)C1. The van der Waals surface area contributed by atoms with E-state index < -0.39 is 34.0 Å². The normalized spacial score (nSPS) is 22.0. The molecule has 0 aliphatic carbocycles. The molecule has 5 rings (SSSR count). The molecule has 2 aromatic rings. The Kier molecular flexibility index (Phi) is 10.7. The third-order valence-electron chi connectivity index (χ3n) is 8.20. The smallest absolute Gasteiger partial charge is 0.390 e. The van der Waals surface area contributed by atoms with Crippen LogP contribution in [0.4, 0.5) is 17.6 Å². The van der Waals surface area contributed by atoms with Crippen LogP contribution in [0.15, 0.2) is 23.1 Å². The number of β-amino-alcohol motifs (C(OH)–C–C–N with tert-alkyl or cyclic N) is 1. The van der Waals surface area contributed by atoms with Crippen molar-refractivity contribution in [2.75, 3.05) is 69.3 Å². The Labute approximate surface area is 259 Å². The Balaban J connectivity index is 1.43. The van der Waals surface area contributed by atoms with Gasteiger partial charge in [-0.1, -0.05) is 6.07 Å². The minimum atomic E-state index is -4.56. The number of halogens is 4. The summed E-state index contributed by atoms with van der Waals surface area (Å²) < 4.78 is 83.8. The molecule has 0 bridgehead atoms. The first kappa shape index (κ1) is 33.0. The zero-order valence-electron chi connectivity index (χ0n) is 24.2. The average molecular weight is 666 g/mol. The number of alkyl halides is 4. The molecule has 1 aromatic heterocycles. The molecule has 0 saturated carbocycles. The number of benzene rings is 1. The van der Waals surface area contributed by atoms with Crippen molar-refractivity contribution >= 4 is 33.5 Å². The van der Waals surface area contributed by atoms with Crippen LogP contribution in [0.25, 0.3) is 11.3 Å². The number of aromatic nitrogens is 2. The van der Waals surface area contributed by atoms with Crippen molar-refractivity contribution in [1.82, 2.24) is 23.9 Å². The van der Waals surface area contributed by atoms with Gasteiger partial charge in [0.05, 0.1) is 30.2 Å². The molecule has 1 unspecified atom stereocenters. The summed E-state index contributed by atoms with van der Waals surface area (Å²) in [6.07, 6.45) is -3.38. The second kappa shape index (κ2) is 14.0. The maximum atomic E-state index is 14.0. The minimum absolute atomic E-state index is 0.0564. The van der Waals surface area contributed by atoms with E-state index in [1.807, 2.05) is 16.7 Å². The molecule has 3 aliphatic heterocycles. The third kappa shape index (κ3) is 8.47. The molecule has 8 nitrogen and oxygen atoms in total. The van der Waals surface area contributed by atoms with E-state index in [0.717, 1.165) is 67.3 Å². The van der Waals surface area contributed by atoms with Gasteiger partial charge in [-0.25, -0.2) is 12.8 Å². The number of thioether (sulfide) groups is 2. The molecule has 4 heterocycles. The standard InChI is InChI=1S/C28H39F4N5O3S3/c1-43(39,40)36-8-6-25-23(19-36)27(33-37(25)18-22(38)17-35-9-12-41-13-10-35)20-4-5-24(28(30,31)32)26(15-20)42-14-11-34-7-2-3-21(29)16-34/h4-5,15,21-22,38H,2-3,6-14,16-19H2,1H3/t21?,22-/m0/s1.